The fourth-order valence-corrected chi connectivity index (χ4v) is 5.33. The number of H-pyrrole nitrogens is 1. The first-order valence-corrected chi connectivity index (χ1v) is 12.9. The smallest absolute Gasteiger partial charge is 0.163 e. The molecule has 1 saturated carbocycles. The second-order valence-corrected chi connectivity index (χ2v) is 10.7. The summed E-state index contributed by atoms with van der Waals surface area (Å²) in [6.07, 6.45) is 5.45. The van der Waals surface area contributed by atoms with Gasteiger partial charge in [0.15, 0.2) is 5.78 Å². The van der Waals surface area contributed by atoms with Gasteiger partial charge in [-0.25, -0.2) is 14.4 Å². The number of aromatic amines is 1. The molecule has 8 nitrogen and oxygen atoms in total. The first-order chi connectivity index (χ1) is 18.2. The molecule has 2 aromatic carbocycles. The van der Waals surface area contributed by atoms with Crippen LogP contribution < -0.4 is 4.74 Å². The minimum atomic E-state index is -0.912. The molecule has 1 aliphatic rings. The third-order valence-electron chi connectivity index (χ3n) is 7.21. The molecule has 3 heterocycles. The number of aryl methyl sites for hydroxylation is 1. The molecular weight excluding hydrogens is 507 g/mol. The van der Waals surface area contributed by atoms with Gasteiger partial charge in [-0.3, -0.25) is 14.5 Å². The quantitative estimate of drug-likeness (QED) is 0.266. The van der Waals surface area contributed by atoms with Gasteiger partial charge in [-0.1, -0.05) is 11.6 Å². The van der Waals surface area contributed by atoms with Crippen LogP contribution in [0.5, 0.6) is 11.5 Å². The molecule has 2 atom stereocenters. The van der Waals surface area contributed by atoms with E-state index in [-0.39, 0.29) is 18.1 Å². The van der Waals surface area contributed by atoms with Gasteiger partial charge in [0.05, 0.1) is 34.6 Å². The van der Waals surface area contributed by atoms with Crippen LogP contribution in [-0.4, -0.2) is 41.7 Å². The number of Topliss-reactive ketones (excluding diaryl/α,β-unsaturated/α-hetero) is 1. The number of aromatic nitrogens is 6. The Morgan fingerprint density at radius 3 is 2.76 bits per heavy atom. The standard InChI is InChI=1S/C28H26ClFN6O2/c1-15-33-20-7-6-19(11-22(20)34-15)38-24-9-8-21-26(25(24)29)35-23(13-31-21)17-12-32-36(14-17)28(2,3)27(37)16-4-5-18(30)10-16/h6-9,11-14,16,18H,4-5,10H2,1-3H3,(H,33,34)/t16?,18-/m0/s1. The highest BCUT2D eigenvalue weighted by atomic mass is 35.5. The minimum Gasteiger partial charge on any atom is -0.456 e. The lowest BCUT2D eigenvalue weighted by molar-refractivity contribution is -0.130. The number of fused-ring (bicyclic) bond motifs is 2. The number of hydrogen-bond acceptors (Lipinski definition) is 6. The molecule has 38 heavy (non-hydrogen) atoms. The lowest BCUT2D eigenvalue weighted by Crippen LogP contribution is -2.40. The Bertz CT molecular complexity index is 1690. The van der Waals surface area contributed by atoms with Crippen molar-refractivity contribution >= 4 is 39.5 Å². The predicted octanol–water partition coefficient (Wildman–Crippen LogP) is 6.57. The Kier molecular flexibility index (Phi) is 5.90. The molecule has 0 spiro atoms. The maximum absolute atomic E-state index is 13.7. The van der Waals surface area contributed by atoms with Gasteiger partial charge in [-0.05, 0) is 64.3 Å². The number of ketones is 1. The van der Waals surface area contributed by atoms with E-state index in [2.05, 4.69) is 20.1 Å². The molecule has 10 heteroatoms. The first kappa shape index (κ1) is 24.5. The fourth-order valence-electron chi connectivity index (χ4n) is 5.09. The molecule has 1 aliphatic carbocycles. The van der Waals surface area contributed by atoms with Crippen molar-refractivity contribution < 1.29 is 13.9 Å². The third kappa shape index (κ3) is 4.30. The van der Waals surface area contributed by atoms with Crippen LogP contribution in [0, 0.1) is 12.8 Å². The van der Waals surface area contributed by atoms with Crippen LogP contribution in [0.2, 0.25) is 5.02 Å². The van der Waals surface area contributed by atoms with Crippen LogP contribution in [0.15, 0.2) is 48.9 Å². The van der Waals surface area contributed by atoms with E-state index in [1.54, 1.807) is 35.4 Å². The Morgan fingerprint density at radius 1 is 1.16 bits per heavy atom. The highest BCUT2D eigenvalue weighted by Gasteiger charge is 2.39. The summed E-state index contributed by atoms with van der Waals surface area (Å²) in [5.41, 5.74) is 3.18. The summed E-state index contributed by atoms with van der Waals surface area (Å²) in [4.78, 5) is 30.0. The normalized spacial score (nSPS) is 17.9. The van der Waals surface area contributed by atoms with Crippen molar-refractivity contribution in [2.24, 2.45) is 5.92 Å². The van der Waals surface area contributed by atoms with E-state index in [0.29, 0.717) is 51.7 Å². The fraction of sp³-hybridized carbons (Fsp3) is 0.321. The molecule has 0 saturated heterocycles. The van der Waals surface area contributed by atoms with Crippen LogP contribution in [0.3, 0.4) is 0 Å². The summed E-state index contributed by atoms with van der Waals surface area (Å²) in [7, 11) is 0. The molecule has 194 valence electrons. The van der Waals surface area contributed by atoms with E-state index < -0.39 is 11.7 Å². The number of halogens is 2. The molecule has 6 rings (SSSR count). The van der Waals surface area contributed by atoms with Crippen molar-refractivity contribution in [1.29, 1.82) is 0 Å². The maximum Gasteiger partial charge on any atom is 0.163 e. The van der Waals surface area contributed by atoms with Gasteiger partial charge in [0, 0.05) is 23.7 Å². The van der Waals surface area contributed by atoms with Gasteiger partial charge in [0.1, 0.15) is 39.6 Å². The van der Waals surface area contributed by atoms with Crippen LogP contribution in [-0.2, 0) is 10.3 Å². The highest BCUT2D eigenvalue weighted by Crippen LogP contribution is 2.37. The van der Waals surface area contributed by atoms with E-state index in [0.717, 1.165) is 16.9 Å². The van der Waals surface area contributed by atoms with E-state index in [1.165, 1.54) is 0 Å². The highest BCUT2D eigenvalue weighted by molar-refractivity contribution is 6.36. The van der Waals surface area contributed by atoms with Crippen LogP contribution in [0.4, 0.5) is 4.39 Å². The number of carbonyl (C=O) groups excluding carboxylic acids is 1. The Morgan fingerprint density at radius 2 is 1.97 bits per heavy atom. The van der Waals surface area contributed by atoms with Crippen molar-refractivity contribution in [3.8, 4) is 22.8 Å². The molecular formula is C28H26ClFN6O2. The Labute approximate surface area is 223 Å². The number of rotatable bonds is 6. The van der Waals surface area contributed by atoms with E-state index in [1.807, 2.05) is 39.0 Å². The molecule has 0 amide bonds. The monoisotopic (exact) mass is 532 g/mol. The lowest BCUT2D eigenvalue weighted by Gasteiger charge is -2.26. The van der Waals surface area contributed by atoms with Gasteiger partial charge < -0.3 is 9.72 Å². The van der Waals surface area contributed by atoms with Gasteiger partial charge >= 0.3 is 0 Å². The zero-order valence-corrected chi connectivity index (χ0v) is 22.0. The second kappa shape index (κ2) is 9.16. The number of carbonyl (C=O) groups is 1. The number of nitrogens with one attached hydrogen (secondary N) is 1. The van der Waals surface area contributed by atoms with Gasteiger partial charge in [-0.2, -0.15) is 5.10 Å². The van der Waals surface area contributed by atoms with Gasteiger partial charge in [-0.15, -0.1) is 0 Å². The SMILES string of the molecule is Cc1nc2ccc(Oc3ccc4ncc(-c5cnn(C(C)(C)C(=O)C6CC[C@H](F)C6)c5)nc4c3Cl)cc2[nH]1. The molecule has 0 bridgehead atoms. The third-order valence-corrected chi connectivity index (χ3v) is 7.58. The topological polar surface area (TPSA) is 98.6 Å². The Balaban J connectivity index is 1.29. The average Bonchev–Trinajstić information content (AvgIpc) is 3.64. The molecule has 0 aliphatic heterocycles. The van der Waals surface area contributed by atoms with Crippen molar-refractivity contribution in [1.82, 2.24) is 29.7 Å². The van der Waals surface area contributed by atoms with Crippen LogP contribution >= 0.6 is 11.6 Å². The summed E-state index contributed by atoms with van der Waals surface area (Å²) >= 11 is 6.73. The number of imidazole rings is 1. The van der Waals surface area contributed by atoms with Gasteiger partial charge in [0.2, 0.25) is 0 Å². The van der Waals surface area contributed by atoms with Crippen molar-refractivity contribution in [3.05, 3.63) is 59.8 Å². The second-order valence-electron chi connectivity index (χ2n) is 10.3. The van der Waals surface area contributed by atoms with Crippen LogP contribution in [0.1, 0.15) is 38.9 Å². The summed E-state index contributed by atoms with van der Waals surface area (Å²) in [5.74, 6) is 1.59. The number of ether oxygens (including phenoxy) is 1. The molecule has 3 aromatic heterocycles. The largest absolute Gasteiger partial charge is 0.456 e. The van der Waals surface area contributed by atoms with E-state index in [4.69, 9.17) is 21.3 Å². The Hall–Kier alpha value is -3.85. The number of hydrogen-bond donors (Lipinski definition) is 1. The maximum atomic E-state index is 13.7. The zero-order valence-electron chi connectivity index (χ0n) is 21.2. The van der Waals surface area contributed by atoms with Gasteiger partial charge in [0.25, 0.3) is 0 Å². The molecule has 5 aromatic rings. The molecule has 1 fully saturated rings. The number of alkyl halides is 1. The number of nitrogens with zero attached hydrogens (tertiary/aromatic N) is 5. The van der Waals surface area contributed by atoms with Crippen molar-refractivity contribution in [2.45, 2.75) is 51.7 Å². The molecule has 1 unspecified atom stereocenters. The lowest BCUT2D eigenvalue weighted by atomic mass is 9.88. The molecule has 0 radical (unpaired) electrons. The molecule has 1 N–H and O–H groups in total. The van der Waals surface area contributed by atoms with E-state index in [9.17, 15) is 9.18 Å². The van der Waals surface area contributed by atoms with E-state index >= 15 is 0 Å². The predicted molar refractivity (Wildman–Crippen MR) is 143 cm³/mol. The van der Waals surface area contributed by atoms with Crippen LogP contribution in [0.25, 0.3) is 33.3 Å². The van der Waals surface area contributed by atoms with Crippen molar-refractivity contribution in [3.63, 3.8) is 0 Å². The first-order valence-electron chi connectivity index (χ1n) is 12.5. The zero-order chi connectivity index (χ0) is 26.6. The summed E-state index contributed by atoms with van der Waals surface area (Å²) in [6, 6.07) is 9.15. The van der Waals surface area contributed by atoms with Crippen molar-refractivity contribution in [2.75, 3.05) is 0 Å². The summed E-state index contributed by atoms with van der Waals surface area (Å²) in [6.45, 7) is 5.52. The average molecular weight is 533 g/mol. The number of benzene rings is 2. The minimum absolute atomic E-state index is 0.00907. The summed E-state index contributed by atoms with van der Waals surface area (Å²) < 4.78 is 21.4. The summed E-state index contributed by atoms with van der Waals surface area (Å²) in [5, 5.41) is 4.78.